The molecule has 5 heteroatoms. The molecule has 4 N–H and O–H groups in total. The molecular weight excluding hydrogens is 244 g/mol. The van der Waals surface area contributed by atoms with E-state index in [1.165, 1.54) is 0 Å². The number of nitrogens with two attached hydrogens (primary N) is 2. The first-order valence-corrected chi connectivity index (χ1v) is 6.41. The van der Waals surface area contributed by atoms with E-state index in [0.717, 1.165) is 24.8 Å². The van der Waals surface area contributed by atoms with Crippen LogP contribution in [0.3, 0.4) is 0 Å². The van der Waals surface area contributed by atoms with E-state index in [1.807, 2.05) is 12.1 Å². The number of benzene rings is 1. The van der Waals surface area contributed by atoms with Gasteiger partial charge in [-0.3, -0.25) is 0 Å². The van der Waals surface area contributed by atoms with Crippen molar-refractivity contribution in [3.63, 3.8) is 0 Å². The molecule has 0 aliphatic heterocycles. The topological polar surface area (TPSA) is 79.7 Å². The zero-order valence-electron chi connectivity index (χ0n) is 11.9. The van der Waals surface area contributed by atoms with Crippen molar-refractivity contribution in [3.8, 4) is 17.2 Å². The Morgan fingerprint density at radius 2 is 1.74 bits per heavy atom. The van der Waals surface area contributed by atoms with E-state index in [-0.39, 0.29) is 6.04 Å². The second kappa shape index (κ2) is 7.86. The molecule has 0 aliphatic rings. The lowest BCUT2D eigenvalue weighted by Gasteiger charge is -2.18. The van der Waals surface area contributed by atoms with Crippen LogP contribution in [0, 0.1) is 0 Å². The summed E-state index contributed by atoms with van der Waals surface area (Å²) in [6.45, 7) is 0.663. The normalized spacial score (nSPS) is 12.1. The SMILES string of the molecule is COc1ccc(CC(N)CCCN)c(OC)c1OC. The van der Waals surface area contributed by atoms with Gasteiger partial charge in [0.1, 0.15) is 0 Å². The minimum Gasteiger partial charge on any atom is -0.493 e. The molecule has 0 spiro atoms. The van der Waals surface area contributed by atoms with E-state index in [2.05, 4.69) is 0 Å². The number of methoxy groups -OCH3 is 3. The highest BCUT2D eigenvalue weighted by Crippen LogP contribution is 2.40. The van der Waals surface area contributed by atoms with Gasteiger partial charge < -0.3 is 25.7 Å². The Bertz CT molecular complexity index is 397. The molecule has 0 fully saturated rings. The largest absolute Gasteiger partial charge is 0.493 e. The number of hydrogen-bond acceptors (Lipinski definition) is 5. The molecule has 108 valence electrons. The van der Waals surface area contributed by atoms with Crippen molar-refractivity contribution >= 4 is 0 Å². The van der Waals surface area contributed by atoms with Crippen molar-refractivity contribution in [2.45, 2.75) is 25.3 Å². The number of ether oxygens (including phenoxy) is 3. The van der Waals surface area contributed by atoms with Crippen LogP contribution in [0.4, 0.5) is 0 Å². The summed E-state index contributed by atoms with van der Waals surface area (Å²) in [7, 11) is 4.81. The van der Waals surface area contributed by atoms with Gasteiger partial charge in [-0.2, -0.15) is 0 Å². The Morgan fingerprint density at radius 1 is 1.05 bits per heavy atom. The van der Waals surface area contributed by atoms with E-state index in [4.69, 9.17) is 25.7 Å². The lowest BCUT2D eigenvalue weighted by Crippen LogP contribution is -2.24. The zero-order valence-corrected chi connectivity index (χ0v) is 11.9. The smallest absolute Gasteiger partial charge is 0.203 e. The first kappa shape index (κ1) is 15.6. The molecule has 0 radical (unpaired) electrons. The van der Waals surface area contributed by atoms with Gasteiger partial charge in [0.25, 0.3) is 0 Å². The minimum absolute atomic E-state index is 0.0653. The van der Waals surface area contributed by atoms with Gasteiger partial charge in [0, 0.05) is 6.04 Å². The lowest BCUT2D eigenvalue weighted by molar-refractivity contribution is 0.321. The van der Waals surface area contributed by atoms with E-state index in [9.17, 15) is 0 Å². The van der Waals surface area contributed by atoms with Crippen molar-refractivity contribution in [1.29, 1.82) is 0 Å². The maximum Gasteiger partial charge on any atom is 0.203 e. The van der Waals surface area contributed by atoms with E-state index in [0.29, 0.717) is 23.8 Å². The maximum atomic E-state index is 6.09. The molecule has 1 atom stereocenters. The third-order valence-corrected chi connectivity index (χ3v) is 3.05. The van der Waals surface area contributed by atoms with Crippen LogP contribution in [0.5, 0.6) is 17.2 Å². The predicted octanol–water partition coefficient (Wildman–Crippen LogP) is 1.32. The second-order valence-electron chi connectivity index (χ2n) is 4.39. The van der Waals surface area contributed by atoms with E-state index in [1.54, 1.807) is 21.3 Å². The van der Waals surface area contributed by atoms with Crippen molar-refractivity contribution in [3.05, 3.63) is 17.7 Å². The fourth-order valence-corrected chi connectivity index (χ4v) is 2.09. The van der Waals surface area contributed by atoms with Gasteiger partial charge in [-0.05, 0) is 37.4 Å². The van der Waals surface area contributed by atoms with E-state index < -0.39 is 0 Å². The van der Waals surface area contributed by atoms with Gasteiger partial charge in [-0.1, -0.05) is 6.07 Å². The van der Waals surface area contributed by atoms with Crippen molar-refractivity contribution in [2.75, 3.05) is 27.9 Å². The Kier molecular flexibility index (Phi) is 6.45. The summed E-state index contributed by atoms with van der Waals surface area (Å²) in [5.41, 5.74) is 12.6. The number of hydrogen-bond donors (Lipinski definition) is 2. The molecule has 1 unspecified atom stereocenters. The molecular formula is C14H24N2O3. The third-order valence-electron chi connectivity index (χ3n) is 3.05. The van der Waals surface area contributed by atoms with Crippen LogP contribution in [-0.4, -0.2) is 33.9 Å². The van der Waals surface area contributed by atoms with Gasteiger partial charge in [-0.25, -0.2) is 0 Å². The predicted molar refractivity (Wildman–Crippen MR) is 76.1 cm³/mol. The lowest BCUT2D eigenvalue weighted by atomic mass is 10.0. The minimum atomic E-state index is 0.0653. The summed E-state index contributed by atoms with van der Waals surface area (Å²) in [6.07, 6.45) is 2.55. The summed E-state index contributed by atoms with van der Waals surface area (Å²) in [5, 5.41) is 0. The first-order valence-electron chi connectivity index (χ1n) is 6.41. The molecule has 0 amide bonds. The Morgan fingerprint density at radius 3 is 2.26 bits per heavy atom. The van der Waals surface area contributed by atoms with Crippen LogP contribution in [0.25, 0.3) is 0 Å². The highest BCUT2D eigenvalue weighted by atomic mass is 16.5. The molecule has 0 aromatic heterocycles. The molecule has 1 rings (SSSR count). The van der Waals surface area contributed by atoms with Gasteiger partial charge in [0.2, 0.25) is 5.75 Å². The third kappa shape index (κ3) is 4.01. The maximum absolute atomic E-state index is 6.09. The molecule has 5 nitrogen and oxygen atoms in total. The fraction of sp³-hybridized carbons (Fsp3) is 0.571. The van der Waals surface area contributed by atoms with Crippen LogP contribution >= 0.6 is 0 Å². The standard InChI is InChI=1S/C14H24N2O3/c1-17-12-7-6-10(9-11(16)5-4-8-15)13(18-2)14(12)19-3/h6-7,11H,4-5,8-9,15-16H2,1-3H3. The van der Waals surface area contributed by atoms with Gasteiger partial charge in [0.05, 0.1) is 21.3 Å². The molecule has 1 aromatic carbocycles. The molecule has 0 saturated heterocycles. The average Bonchev–Trinajstić information content (AvgIpc) is 2.44. The highest BCUT2D eigenvalue weighted by molar-refractivity contribution is 5.55. The monoisotopic (exact) mass is 268 g/mol. The molecule has 0 aliphatic carbocycles. The molecule has 0 heterocycles. The highest BCUT2D eigenvalue weighted by Gasteiger charge is 2.17. The van der Waals surface area contributed by atoms with E-state index >= 15 is 0 Å². The fourth-order valence-electron chi connectivity index (χ4n) is 2.09. The summed E-state index contributed by atoms with van der Waals surface area (Å²) >= 11 is 0. The van der Waals surface area contributed by atoms with Crippen LogP contribution < -0.4 is 25.7 Å². The van der Waals surface area contributed by atoms with Gasteiger partial charge in [-0.15, -0.1) is 0 Å². The quantitative estimate of drug-likeness (QED) is 0.743. The molecule has 0 bridgehead atoms. The van der Waals surface area contributed by atoms with Crippen molar-refractivity contribution < 1.29 is 14.2 Å². The van der Waals surface area contributed by atoms with Crippen LogP contribution in [0.1, 0.15) is 18.4 Å². The van der Waals surface area contributed by atoms with Crippen LogP contribution in [0.15, 0.2) is 12.1 Å². The summed E-state index contributed by atoms with van der Waals surface area (Å²) in [5.74, 6) is 1.94. The molecule has 19 heavy (non-hydrogen) atoms. The average molecular weight is 268 g/mol. The summed E-state index contributed by atoms with van der Waals surface area (Å²) in [4.78, 5) is 0. The zero-order chi connectivity index (χ0) is 14.3. The van der Waals surface area contributed by atoms with Gasteiger partial charge in [0.15, 0.2) is 11.5 Å². The van der Waals surface area contributed by atoms with Gasteiger partial charge >= 0.3 is 0 Å². The van der Waals surface area contributed by atoms with Crippen LogP contribution in [0.2, 0.25) is 0 Å². The summed E-state index contributed by atoms with van der Waals surface area (Å²) < 4.78 is 16.0. The molecule has 0 saturated carbocycles. The Hall–Kier alpha value is -1.46. The van der Waals surface area contributed by atoms with Crippen LogP contribution in [-0.2, 0) is 6.42 Å². The Labute approximate surface area is 114 Å². The Balaban J connectivity index is 2.94. The molecule has 1 aromatic rings. The van der Waals surface area contributed by atoms with Crippen molar-refractivity contribution in [2.24, 2.45) is 11.5 Å². The second-order valence-corrected chi connectivity index (χ2v) is 4.39. The number of rotatable bonds is 8. The summed E-state index contributed by atoms with van der Waals surface area (Å²) in [6, 6.07) is 3.89. The first-order chi connectivity index (χ1) is 9.17. The van der Waals surface area contributed by atoms with Crippen molar-refractivity contribution in [1.82, 2.24) is 0 Å².